The minimum Gasteiger partial charge on any atom is -0.479 e. The number of benzene rings is 2. The van der Waals surface area contributed by atoms with E-state index in [4.69, 9.17) is 10.5 Å². The minimum atomic E-state index is -2.08. The molecule has 7 heteroatoms. The fourth-order valence-electron chi connectivity index (χ4n) is 4.65. The Balaban J connectivity index is 1.62. The van der Waals surface area contributed by atoms with Gasteiger partial charge in [0.25, 0.3) is 0 Å². The number of fused-ring (bicyclic) bond motifs is 3. The highest BCUT2D eigenvalue weighted by Gasteiger charge is 2.59. The molecule has 0 spiro atoms. The lowest BCUT2D eigenvalue weighted by atomic mass is 9.94. The number of ether oxygens (including phenoxy) is 1. The Morgan fingerprint density at radius 1 is 1.10 bits per heavy atom. The maximum atomic E-state index is 13.1. The Bertz CT molecular complexity index is 975. The molecule has 0 aromatic heterocycles. The molecule has 4 rings (SSSR count). The van der Waals surface area contributed by atoms with Crippen molar-refractivity contribution in [2.45, 2.75) is 37.3 Å². The summed E-state index contributed by atoms with van der Waals surface area (Å²) in [4.78, 5) is 38.7. The molecule has 0 radical (unpaired) electrons. The van der Waals surface area contributed by atoms with Crippen molar-refractivity contribution in [3.63, 3.8) is 0 Å². The number of aliphatic carboxylic acids is 1. The molecule has 1 aliphatic carbocycles. The van der Waals surface area contributed by atoms with E-state index in [-0.39, 0.29) is 31.9 Å². The number of carboxylic acids is 1. The van der Waals surface area contributed by atoms with Gasteiger partial charge in [-0.05, 0) is 22.3 Å². The average molecular weight is 408 g/mol. The highest BCUT2D eigenvalue weighted by atomic mass is 16.5. The summed E-state index contributed by atoms with van der Waals surface area (Å²) in [5, 5.41) is 9.92. The van der Waals surface area contributed by atoms with Gasteiger partial charge >= 0.3 is 11.9 Å². The van der Waals surface area contributed by atoms with Gasteiger partial charge in [0, 0.05) is 31.3 Å². The van der Waals surface area contributed by atoms with Crippen molar-refractivity contribution in [3.8, 4) is 11.1 Å². The van der Waals surface area contributed by atoms with Crippen molar-refractivity contribution in [2.24, 2.45) is 5.73 Å². The van der Waals surface area contributed by atoms with Crippen molar-refractivity contribution in [1.82, 2.24) is 4.90 Å². The molecule has 156 valence electrons. The van der Waals surface area contributed by atoms with Gasteiger partial charge in [0.1, 0.15) is 6.61 Å². The number of carbonyl (C=O) groups is 3. The van der Waals surface area contributed by atoms with Crippen LogP contribution in [-0.2, 0) is 19.1 Å². The van der Waals surface area contributed by atoms with Crippen LogP contribution in [0.2, 0.25) is 0 Å². The first-order valence-electron chi connectivity index (χ1n) is 10.0. The topological polar surface area (TPSA) is 110 Å². The van der Waals surface area contributed by atoms with Crippen molar-refractivity contribution >= 4 is 17.8 Å². The average Bonchev–Trinajstić information content (AvgIpc) is 3.27. The summed E-state index contributed by atoms with van der Waals surface area (Å²) in [5.74, 6) is -2.97. The zero-order valence-corrected chi connectivity index (χ0v) is 16.7. The molecule has 0 bridgehead atoms. The summed E-state index contributed by atoms with van der Waals surface area (Å²) in [6.45, 7) is 1.63. The van der Waals surface area contributed by atoms with Crippen LogP contribution in [-0.4, -0.2) is 52.6 Å². The third-order valence-electron chi connectivity index (χ3n) is 6.07. The van der Waals surface area contributed by atoms with Crippen LogP contribution in [0.25, 0.3) is 11.1 Å². The van der Waals surface area contributed by atoms with Crippen LogP contribution in [0.15, 0.2) is 48.5 Å². The maximum absolute atomic E-state index is 13.1. The molecule has 2 atom stereocenters. The summed E-state index contributed by atoms with van der Waals surface area (Å²) in [7, 11) is 0. The van der Waals surface area contributed by atoms with Crippen LogP contribution < -0.4 is 5.73 Å². The second kappa shape index (κ2) is 7.57. The summed E-state index contributed by atoms with van der Waals surface area (Å²) >= 11 is 0. The predicted molar refractivity (Wildman–Crippen MR) is 110 cm³/mol. The molecule has 1 amide bonds. The Kier molecular flexibility index (Phi) is 5.07. The molecule has 7 nitrogen and oxygen atoms in total. The van der Waals surface area contributed by atoms with Gasteiger partial charge in [-0.15, -0.1) is 0 Å². The number of nitrogens with zero attached hydrogens (tertiary/aromatic N) is 1. The lowest BCUT2D eigenvalue weighted by Gasteiger charge is -2.32. The molecule has 2 aromatic carbocycles. The van der Waals surface area contributed by atoms with E-state index >= 15 is 0 Å². The van der Waals surface area contributed by atoms with Crippen molar-refractivity contribution in [2.75, 3.05) is 13.2 Å². The second-order valence-corrected chi connectivity index (χ2v) is 7.81. The van der Waals surface area contributed by atoms with Crippen molar-refractivity contribution in [3.05, 3.63) is 59.7 Å². The molecule has 30 heavy (non-hydrogen) atoms. The van der Waals surface area contributed by atoms with E-state index in [1.54, 1.807) is 6.92 Å². The van der Waals surface area contributed by atoms with E-state index in [0.717, 1.165) is 27.2 Å². The van der Waals surface area contributed by atoms with Crippen LogP contribution in [0.3, 0.4) is 0 Å². The number of nitrogens with two attached hydrogens (primary N) is 1. The fraction of sp³-hybridized carbons (Fsp3) is 0.348. The first-order chi connectivity index (χ1) is 14.4. The number of likely N-dealkylation sites (tertiary alicyclic amines) is 1. The van der Waals surface area contributed by atoms with Gasteiger partial charge in [0.15, 0.2) is 0 Å². The molecule has 0 unspecified atom stereocenters. The molecule has 1 saturated heterocycles. The third kappa shape index (κ3) is 2.97. The first-order valence-corrected chi connectivity index (χ1v) is 10.0. The quantitative estimate of drug-likeness (QED) is 0.579. The zero-order valence-electron chi connectivity index (χ0n) is 16.7. The molecule has 3 N–H and O–H groups in total. The van der Waals surface area contributed by atoms with Gasteiger partial charge in [-0.1, -0.05) is 55.5 Å². The largest absolute Gasteiger partial charge is 0.479 e. The van der Waals surface area contributed by atoms with Gasteiger partial charge in [-0.3, -0.25) is 4.79 Å². The molecular formula is C23H24N2O5. The van der Waals surface area contributed by atoms with Crippen molar-refractivity contribution < 1.29 is 24.2 Å². The third-order valence-corrected chi connectivity index (χ3v) is 6.07. The van der Waals surface area contributed by atoms with Gasteiger partial charge in [-0.2, -0.15) is 0 Å². The Labute approximate surface area is 174 Å². The summed E-state index contributed by atoms with van der Waals surface area (Å²) in [5.41, 5.74) is 8.08. The summed E-state index contributed by atoms with van der Waals surface area (Å²) < 4.78 is 5.59. The molecule has 2 aromatic rings. The molecule has 1 fully saturated rings. The SMILES string of the molecule is CCC(=O)N1C[C@H](N)C[C@]1(C(=O)O)C(=O)OCC1c2ccccc2-c2ccccc21. The van der Waals surface area contributed by atoms with Crippen LogP contribution in [0.1, 0.15) is 36.8 Å². The number of carboxylic acid groups (broad SMARTS) is 1. The first kappa shape index (κ1) is 20.1. The number of hydrogen-bond acceptors (Lipinski definition) is 5. The summed E-state index contributed by atoms with van der Waals surface area (Å²) in [6, 6.07) is 15.2. The van der Waals surface area contributed by atoms with Gasteiger partial charge in [-0.25, -0.2) is 9.59 Å². The number of hydrogen-bond donors (Lipinski definition) is 2. The molecule has 1 heterocycles. The Morgan fingerprint density at radius 3 is 2.20 bits per heavy atom. The van der Waals surface area contributed by atoms with Gasteiger partial charge in [0.05, 0.1) is 0 Å². The molecule has 1 aliphatic heterocycles. The van der Waals surface area contributed by atoms with E-state index < -0.39 is 29.4 Å². The zero-order chi connectivity index (χ0) is 21.5. The number of esters is 1. The highest BCUT2D eigenvalue weighted by Crippen LogP contribution is 2.44. The fourth-order valence-corrected chi connectivity index (χ4v) is 4.65. The maximum Gasteiger partial charge on any atom is 0.344 e. The molecular weight excluding hydrogens is 384 g/mol. The van der Waals surface area contributed by atoms with Gasteiger partial charge in [0.2, 0.25) is 11.4 Å². The Hall–Kier alpha value is -3.19. The predicted octanol–water partition coefficient (Wildman–Crippen LogP) is 2.14. The van der Waals surface area contributed by atoms with Crippen LogP contribution in [0, 0.1) is 0 Å². The number of carbonyl (C=O) groups excluding carboxylic acids is 2. The minimum absolute atomic E-state index is 0.00865. The van der Waals surface area contributed by atoms with E-state index in [9.17, 15) is 19.5 Å². The second-order valence-electron chi connectivity index (χ2n) is 7.81. The van der Waals surface area contributed by atoms with Gasteiger partial charge < -0.3 is 20.5 Å². The van der Waals surface area contributed by atoms with E-state index in [1.165, 1.54) is 0 Å². The smallest absolute Gasteiger partial charge is 0.344 e. The van der Waals surface area contributed by atoms with E-state index in [0.29, 0.717) is 0 Å². The number of amides is 1. The molecule has 2 aliphatic rings. The monoisotopic (exact) mass is 408 g/mol. The van der Waals surface area contributed by atoms with Crippen LogP contribution in [0.5, 0.6) is 0 Å². The molecule has 0 saturated carbocycles. The summed E-state index contributed by atoms with van der Waals surface area (Å²) in [6.07, 6.45) is -0.0802. The standard InChI is InChI=1S/C23H24N2O5/c1-2-20(26)25-12-14(24)11-23(25,21(27)28)22(29)30-13-19-17-9-5-3-7-15(17)16-8-4-6-10-18(16)19/h3-10,14,19H,2,11-13,24H2,1H3,(H,27,28)/t14-,23+/m1/s1. The van der Waals surface area contributed by atoms with Crippen molar-refractivity contribution in [1.29, 1.82) is 0 Å². The normalized spacial score (nSPS) is 22.5. The van der Waals surface area contributed by atoms with Crippen LogP contribution >= 0.6 is 0 Å². The van der Waals surface area contributed by atoms with E-state index in [1.807, 2.05) is 48.5 Å². The highest BCUT2D eigenvalue weighted by molar-refractivity contribution is 6.07. The van der Waals surface area contributed by atoms with Crippen LogP contribution in [0.4, 0.5) is 0 Å². The van der Waals surface area contributed by atoms with E-state index in [2.05, 4.69) is 0 Å². The number of rotatable bonds is 5. The Morgan fingerprint density at radius 2 is 1.67 bits per heavy atom. The lowest BCUT2D eigenvalue weighted by molar-refractivity contribution is -0.173. The lowest BCUT2D eigenvalue weighted by Crippen LogP contribution is -2.59.